The number of nitrogens with zero attached hydrogens (tertiary/aromatic N) is 2. The fourth-order valence-corrected chi connectivity index (χ4v) is 1.97. The Hall–Kier alpha value is -2.37. The summed E-state index contributed by atoms with van der Waals surface area (Å²) >= 11 is 0. The van der Waals surface area contributed by atoms with Gasteiger partial charge in [-0.25, -0.2) is 0 Å². The third kappa shape index (κ3) is 2.96. The Labute approximate surface area is 117 Å². The van der Waals surface area contributed by atoms with Gasteiger partial charge in [0.2, 0.25) is 0 Å². The second-order valence-electron chi connectivity index (χ2n) is 4.46. The number of nitrogens with one attached hydrogen (secondary N) is 1. The van der Waals surface area contributed by atoms with Crippen molar-refractivity contribution in [3.05, 3.63) is 23.8 Å². The third-order valence-corrected chi connectivity index (χ3v) is 3.08. The highest BCUT2D eigenvalue weighted by Gasteiger charge is 2.16. The van der Waals surface area contributed by atoms with Gasteiger partial charge in [0.1, 0.15) is 5.52 Å². The zero-order valence-corrected chi connectivity index (χ0v) is 11.6. The maximum absolute atomic E-state index is 12.3. The Morgan fingerprint density at radius 1 is 1.60 bits per heavy atom. The Morgan fingerprint density at radius 3 is 3.10 bits per heavy atom. The lowest BCUT2D eigenvalue weighted by Gasteiger charge is -2.14. The number of carbonyl (C=O) groups is 1. The van der Waals surface area contributed by atoms with Crippen LogP contribution in [0.25, 0.3) is 11.1 Å². The second kappa shape index (κ2) is 6.18. The van der Waals surface area contributed by atoms with Crippen LogP contribution in [0, 0.1) is 0 Å². The molecule has 20 heavy (non-hydrogen) atoms. The quantitative estimate of drug-likeness (QED) is 0.815. The van der Waals surface area contributed by atoms with Crippen molar-refractivity contribution in [1.82, 2.24) is 10.3 Å². The molecule has 0 radical (unpaired) electrons. The van der Waals surface area contributed by atoms with Gasteiger partial charge in [-0.2, -0.15) is 4.98 Å². The van der Waals surface area contributed by atoms with Crippen LogP contribution in [0.15, 0.2) is 27.6 Å². The topological polar surface area (TPSA) is 93.5 Å². The first-order valence-corrected chi connectivity index (χ1v) is 6.52. The standard InChI is InChI=1S/C14H18N4O2/c1-3-9(7-8-16-2)17-13(19)10-5-4-6-11-12(10)18-14(15)20-11/h4-6,8-9H,3,7H2,1-2H3,(H2,15,18)(H,17,19). The number of rotatable bonds is 5. The molecule has 2 rings (SSSR count). The lowest BCUT2D eigenvalue weighted by molar-refractivity contribution is 0.0939. The van der Waals surface area contributed by atoms with E-state index in [-0.39, 0.29) is 18.0 Å². The van der Waals surface area contributed by atoms with E-state index in [0.29, 0.717) is 23.1 Å². The maximum Gasteiger partial charge on any atom is 0.293 e. The summed E-state index contributed by atoms with van der Waals surface area (Å²) in [6.07, 6.45) is 3.33. The molecule has 1 unspecified atom stereocenters. The van der Waals surface area contributed by atoms with Gasteiger partial charge in [-0.1, -0.05) is 13.0 Å². The molecule has 0 aliphatic rings. The molecule has 0 spiro atoms. The molecule has 1 heterocycles. The predicted molar refractivity (Wildman–Crippen MR) is 79.0 cm³/mol. The number of nitrogens with two attached hydrogens (primary N) is 1. The smallest absolute Gasteiger partial charge is 0.293 e. The third-order valence-electron chi connectivity index (χ3n) is 3.08. The van der Waals surface area contributed by atoms with E-state index >= 15 is 0 Å². The lowest BCUT2D eigenvalue weighted by Crippen LogP contribution is -2.34. The average molecular weight is 274 g/mol. The van der Waals surface area contributed by atoms with Crippen LogP contribution in [0.4, 0.5) is 6.01 Å². The van der Waals surface area contributed by atoms with Crippen LogP contribution in [-0.2, 0) is 0 Å². The molecule has 3 N–H and O–H groups in total. The summed E-state index contributed by atoms with van der Waals surface area (Å²) in [5.41, 5.74) is 6.99. The summed E-state index contributed by atoms with van der Waals surface area (Å²) in [5, 5.41) is 2.97. The van der Waals surface area contributed by atoms with Gasteiger partial charge < -0.3 is 20.5 Å². The largest absolute Gasteiger partial charge is 0.424 e. The summed E-state index contributed by atoms with van der Waals surface area (Å²) in [6, 6.07) is 5.30. The number of fused-ring (bicyclic) bond motifs is 1. The second-order valence-corrected chi connectivity index (χ2v) is 4.46. The van der Waals surface area contributed by atoms with Gasteiger partial charge in [-0.15, -0.1) is 0 Å². The number of oxazole rings is 1. The molecule has 1 atom stereocenters. The number of para-hydroxylation sites is 1. The number of amides is 1. The van der Waals surface area contributed by atoms with Crippen molar-refractivity contribution in [1.29, 1.82) is 0 Å². The Bertz CT molecular complexity index is 633. The van der Waals surface area contributed by atoms with E-state index in [2.05, 4.69) is 15.3 Å². The number of nitrogen functional groups attached to an aromatic ring is 1. The molecule has 1 aromatic carbocycles. The van der Waals surface area contributed by atoms with Crippen molar-refractivity contribution in [3.63, 3.8) is 0 Å². The van der Waals surface area contributed by atoms with Gasteiger partial charge >= 0.3 is 0 Å². The van der Waals surface area contributed by atoms with Crippen LogP contribution in [0.1, 0.15) is 30.1 Å². The molecule has 0 saturated carbocycles. The minimum absolute atomic E-state index is 0.0469. The van der Waals surface area contributed by atoms with Crippen molar-refractivity contribution < 1.29 is 9.21 Å². The summed E-state index contributed by atoms with van der Waals surface area (Å²) in [7, 11) is 1.72. The molecular weight excluding hydrogens is 256 g/mol. The van der Waals surface area contributed by atoms with E-state index in [0.717, 1.165) is 6.42 Å². The molecule has 6 heteroatoms. The average Bonchev–Trinajstić information content (AvgIpc) is 2.82. The van der Waals surface area contributed by atoms with Crippen LogP contribution in [0.2, 0.25) is 0 Å². The molecule has 6 nitrogen and oxygen atoms in total. The molecule has 0 saturated heterocycles. The number of hydrogen-bond donors (Lipinski definition) is 2. The van der Waals surface area contributed by atoms with Gasteiger partial charge in [0.05, 0.1) is 5.56 Å². The minimum Gasteiger partial charge on any atom is -0.424 e. The van der Waals surface area contributed by atoms with E-state index in [1.54, 1.807) is 31.5 Å². The fraction of sp³-hybridized carbons (Fsp3) is 0.357. The monoisotopic (exact) mass is 274 g/mol. The highest BCUT2D eigenvalue weighted by atomic mass is 16.4. The summed E-state index contributed by atoms with van der Waals surface area (Å²) in [4.78, 5) is 20.3. The van der Waals surface area contributed by atoms with Gasteiger partial charge in [-0.05, 0) is 18.6 Å². The van der Waals surface area contributed by atoms with E-state index < -0.39 is 0 Å². The van der Waals surface area contributed by atoms with Gasteiger partial charge in [-0.3, -0.25) is 4.79 Å². The number of anilines is 1. The lowest BCUT2D eigenvalue weighted by atomic mass is 10.1. The first kappa shape index (κ1) is 14.0. The number of carbonyl (C=O) groups excluding carboxylic acids is 1. The first-order chi connectivity index (χ1) is 9.65. The predicted octanol–water partition coefficient (Wildman–Crippen LogP) is 2.01. The van der Waals surface area contributed by atoms with Gasteiger partial charge in [0.25, 0.3) is 11.9 Å². The summed E-state index contributed by atoms with van der Waals surface area (Å²) in [5.74, 6) is -0.180. The Morgan fingerprint density at radius 2 is 2.40 bits per heavy atom. The molecule has 0 fully saturated rings. The van der Waals surface area contributed by atoms with Crippen molar-refractivity contribution in [2.45, 2.75) is 25.8 Å². The van der Waals surface area contributed by atoms with Crippen LogP contribution in [0.5, 0.6) is 0 Å². The zero-order valence-electron chi connectivity index (χ0n) is 11.6. The van der Waals surface area contributed by atoms with Crippen molar-refractivity contribution >= 4 is 29.2 Å². The van der Waals surface area contributed by atoms with Crippen molar-refractivity contribution in [3.8, 4) is 0 Å². The molecule has 1 aromatic heterocycles. The highest BCUT2D eigenvalue weighted by molar-refractivity contribution is 6.04. The Kier molecular flexibility index (Phi) is 4.34. The fourth-order valence-electron chi connectivity index (χ4n) is 1.97. The molecule has 0 bridgehead atoms. The van der Waals surface area contributed by atoms with E-state index in [4.69, 9.17) is 10.2 Å². The number of hydrogen-bond acceptors (Lipinski definition) is 5. The van der Waals surface area contributed by atoms with Crippen molar-refractivity contribution in [2.75, 3.05) is 12.8 Å². The molecule has 0 aliphatic carbocycles. The number of benzene rings is 1. The van der Waals surface area contributed by atoms with Crippen LogP contribution >= 0.6 is 0 Å². The van der Waals surface area contributed by atoms with Crippen LogP contribution in [-0.4, -0.2) is 30.2 Å². The summed E-state index contributed by atoms with van der Waals surface area (Å²) < 4.78 is 5.22. The molecule has 1 amide bonds. The zero-order chi connectivity index (χ0) is 14.5. The first-order valence-electron chi connectivity index (χ1n) is 6.52. The molecule has 106 valence electrons. The van der Waals surface area contributed by atoms with Crippen LogP contribution < -0.4 is 11.1 Å². The number of aromatic nitrogens is 1. The SMILES string of the molecule is CCC(CC=NC)NC(=O)c1cccc2oc(N)nc12. The minimum atomic E-state index is -0.180. The van der Waals surface area contributed by atoms with E-state index in [1.165, 1.54) is 0 Å². The van der Waals surface area contributed by atoms with E-state index in [9.17, 15) is 4.79 Å². The molecular formula is C14H18N4O2. The highest BCUT2D eigenvalue weighted by Crippen LogP contribution is 2.20. The van der Waals surface area contributed by atoms with Crippen molar-refractivity contribution in [2.24, 2.45) is 4.99 Å². The number of aliphatic imine (C=N–C) groups is 1. The summed E-state index contributed by atoms with van der Waals surface area (Å²) in [6.45, 7) is 2.02. The van der Waals surface area contributed by atoms with Crippen LogP contribution in [0.3, 0.4) is 0 Å². The normalized spacial score (nSPS) is 12.9. The van der Waals surface area contributed by atoms with Gasteiger partial charge in [0.15, 0.2) is 5.58 Å². The molecule has 0 aliphatic heterocycles. The molecule has 2 aromatic rings. The maximum atomic E-state index is 12.3. The van der Waals surface area contributed by atoms with E-state index in [1.807, 2.05) is 6.92 Å². The Balaban J connectivity index is 2.22. The van der Waals surface area contributed by atoms with Gasteiger partial charge in [0, 0.05) is 25.7 Å².